The highest BCUT2D eigenvalue weighted by molar-refractivity contribution is 5.90. The number of piperidine rings is 1. The van der Waals surface area contributed by atoms with Crippen LogP contribution in [0.1, 0.15) is 27.7 Å². The summed E-state index contributed by atoms with van der Waals surface area (Å²) in [6.45, 7) is 7.98. The number of hydrogen-bond acceptors (Lipinski definition) is 3. The molecule has 0 spiro atoms. The topological polar surface area (TPSA) is 61.4 Å². The first kappa shape index (κ1) is 15.0. The molecular formula is C13H25N3O2. The summed E-state index contributed by atoms with van der Waals surface area (Å²) in [6, 6.07) is -0.489. The molecule has 5 nitrogen and oxygen atoms in total. The van der Waals surface area contributed by atoms with Crippen LogP contribution in [0.4, 0.5) is 0 Å². The first-order chi connectivity index (χ1) is 8.31. The van der Waals surface area contributed by atoms with Gasteiger partial charge in [0.2, 0.25) is 11.8 Å². The van der Waals surface area contributed by atoms with Gasteiger partial charge in [0.05, 0.1) is 6.04 Å². The van der Waals surface area contributed by atoms with Gasteiger partial charge in [-0.3, -0.25) is 9.59 Å². The predicted octanol–water partition coefficient (Wildman–Crippen LogP) is 0.212. The fourth-order valence-electron chi connectivity index (χ4n) is 2.34. The highest BCUT2D eigenvalue weighted by atomic mass is 16.2. The lowest BCUT2D eigenvalue weighted by molar-refractivity contribution is -0.145. The molecule has 1 aliphatic heterocycles. The zero-order valence-electron chi connectivity index (χ0n) is 12.2. The van der Waals surface area contributed by atoms with Crippen molar-refractivity contribution in [3.63, 3.8) is 0 Å². The monoisotopic (exact) mass is 255 g/mol. The van der Waals surface area contributed by atoms with E-state index in [0.29, 0.717) is 5.92 Å². The van der Waals surface area contributed by atoms with Crippen LogP contribution >= 0.6 is 0 Å². The van der Waals surface area contributed by atoms with Crippen molar-refractivity contribution < 1.29 is 9.59 Å². The van der Waals surface area contributed by atoms with E-state index >= 15 is 0 Å². The number of rotatable bonds is 3. The second-order valence-corrected chi connectivity index (χ2v) is 5.40. The molecule has 5 unspecified atom stereocenters. The Kier molecular flexibility index (Phi) is 4.73. The minimum absolute atomic E-state index is 0.00440. The van der Waals surface area contributed by atoms with Crippen molar-refractivity contribution in [3.8, 4) is 0 Å². The number of nitrogens with zero attached hydrogens (tertiary/aromatic N) is 1. The molecule has 1 saturated heterocycles. The fraction of sp³-hybridized carbons (Fsp3) is 0.846. The van der Waals surface area contributed by atoms with Gasteiger partial charge in [-0.2, -0.15) is 0 Å². The third-order valence-corrected chi connectivity index (χ3v) is 4.46. The molecule has 2 amide bonds. The van der Waals surface area contributed by atoms with Gasteiger partial charge in [-0.05, 0) is 32.7 Å². The van der Waals surface area contributed by atoms with Crippen molar-refractivity contribution in [1.29, 1.82) is 0 Å². The lowest BCUT2D eigenvalue weighted by Gasteiger charge is -2.44. The first-order valence-electron chi connectivity index (χ1n) is 6.55. The Morgan fingerprint density at radius 3 is 2.33 bits per heavy atom. The van der Waals surface area contributed by atoms with E-state index in [9.17, 15) is 9.59 Å². The molecule has 1 aliphatic rings. The third-order valence-electron chi connectivity index (χ3n) is 4.46. The van der Waals surface area contributed by atoms with Crippen LogP contribution in [0.15, 0.2) is 0 Å². The zero-order valence-corrected chi connectivity index (χ0v) is 12.2. The maximum absolute atomic E-state index is 12.2. The molecular weight excluding hydrogens is 230 g/mol. The van der Waals surface area contributed by atoms with Crippen LogP contribution in [0.25, 0.3) is 0 Å². The molecule has 0 saturated carbocycles. The van der Waals surface area contributed by atoms with Gasteiger partial charge in [0.15, 0.2) is 0 Å². The van der Waals surface area contributed by atoms with Gasteiger partial charge in [-0.15, -0.1) is 0 Å². The van der Waals surface area contributed by atoms with Gasteiger partial charge in [-0.1, -0.05) is 13.8 Å². The van der Waals surface area contributed by atoms with Crippen molar-refractivity contribution in [2.45, 2.75) is 45.8 Å². The van der Waals surface area contributed by atoms with Crippen LogP contribution < -0.4 is 10.6 Å². The average molecular weight is 255 g/mol. The van der Waals surface area contributed by atoms with Gasteiger partial charge >= 0.3 is 0 Å². The first-order valence-corrected chi connectivity index (χ1v) is 6.55. The van der Waals surface area contributed by atoms with E-state index in [2.05, 4.69) is 17.6 Å². The largest absolute Gasteiger partial charge is 0.343 e. The summed E-state index contributed by atoms with van der Waals surface area (Å²) >= 11 is 0. The zero-order chi connectivity index (χ0) is 14.0. The standard InChI is InChI=1S/C13H25N3O2/c1-7-8(2)11(13(18)16(6)10(7)4)15-12(17)9(3)14-5/h7-11,14H,1-6H3,(H,15,17). The molecule has 1 heterocycles. The number of amides is 2. The summed E-state index contributed by atoms with van der Waals surface area (Å²) < 4.78 is 0. The second kappa shape index (κ2) is 5.69. The van der Waals surface area contributed by atoms with Crippen LogP contribution in [0.2, 0.25) is 0 Å². The molecule has 0 aliphatic carbocycles. The van der Waals surface area contributed by atoms with Crippen molar-refractivity contribution in [3.05, 3.63) is 0 Å². The SMILES string of the molecule is CNC(C)C(=O)NC1C(=O)N(C)C(C)C(C)C1C. The third kappa shape index (κ3) is 2.66. The normalized spacial score (nSPS) is 34.3. The number of nitrogens with one attached hydrogen (secondary N) is 2. The number of likely N-dealkylation sites (tertiary alicyclic amines) is 1. The van der Waals surface area contributed by atoms with Crippen molar-refractivity contribution >= 4 is 11.8 Å². The highest BCUT2D eigenvalue weighted by Gasteiger charge is 2.41. The maximum atomic E-state index is 12.2. The molecule has 104 valence electrons. The van der Waals surface area contributed by atoms with Crippen LogP contribution in [0.5, 0.6) is 0 Å². The van der Waals surface area contributed by atoms with Crippen LogP contribution in [0.3, 0.4) is 0 Å². The van der Waals surface area contributed by atoms with Crippen molar-refractivity contribution in [2.75, 3.05) is 14.1 Å². The number of carbonyl (C=O) groups is 2. The Balaban J connectivity index is 2.81. The molecule has 2 N–H and O–H groups in total. The highest BCUT2D eigenvalue weighted by Crippen LogP contribution is 2.28. The van der Waals surface area contributed by atoms with Crippen LogP contribution in [0, 0.1) is 11.8 Å². The van der Waals surface area contributed by atoms with Gasteiger partial charge in [0.25, 0.3) is 0 Å². The smallest absolute Gasteiger partial charge is 0.245 e. The van der Waals surface area contributed by atoms with Crippen molar-refractivity contribution in [1.82, 2.24) is 15.5 Å². The molecule has 0 aromatic heterocycles. The van der Waals surface area contributed by atoms with Gasteiger partial charge in [0, 0.05) is 13.1 Å². The minimum atomic E-state index is -0.413. The van der Waals surface area contributed by atoms with E-state index in [0.717, 1.165) is 0 Å². The van der Waals surface area contributed by atoms with Crippen LogP contribution in [-0.4, -0.2) is 48.9 Å². The van der Waals surface area contributed by atoms with Gasteiger partial charge in [0.1, 0.15) is 6.04 Å². The maximum Gasteiger partial charge on any atom is 0.245 e. The Labute approximate surface area is 109 Å². The molecule has 18 heavy (non-hydrogen) atoms. The minimum Gasteiger partial charge on any atom is -0.343 e. The molecule has 5 heteroatoms. The summed E-state index contributed by atoms with van der Waals surface area (Å²) in [5, 5.41) is 5.74. The summed E-state index contributed by atoms with van der Waals surface area (Å²) in [6.07, 6.45) is 0. The average Bonchev–Trinajstić information content (AvgIpc) is 2.37. The fourth-order valence-corrected chi connectivity index (χ4v) is 2.34. The lowest BCUT2D eigenvalue weighted by atomic mass is 9.79. The Bertz CT molecular complexity index is 332. The Morgan fingerprint density at radius 2 is 1.83 bits per heavy atom. The molecule has 0 aromatic rings. The second-order valence-electron chi connectivity index (χ2n) is 5.40. The lowest BCUT2D eigenvalue weighted by Crippen LogP contribution is -2.62. The van der Waals surface area contributed by atoms with E-state index in [-0.39, 0.29) is 29.8 Å². The number of carbonyl (C=O) groups excluding carboxylic acids is 2. The van der Waals surface area contributed by atoms with E-state index in [1.807, 2.05) is 13.8 Å². The number of likely N-dealkylation sites (N-methyl/N-ethyl adjacent to an activating group) is 2. The molecule has 1 fully saturated rings. The quantitative estimate of drug-likeness (QED) is 0.758. The van der Waals surface area contributed by atoms with Gasteiger partial charge < -0.3 is 15.5 Å². The Morgan fingerprint density at radius 1 is 1.28 bits per heavy atom. The van der Waals surface area contributed by atoms with Crippen molar-refractivity contribution in [2.24, 2.45) is 11.8 Å². The molecule has 0 radical (unpaired) electrons. The van der Waals surface area contributed by atoms with E-state index in [4.69, 9.17) is 0 Å². The van der Waals surface area contributed by atoms with Crippen LogP contribution in [-0.2, 0) is 9.59 Å². The summed E-state index contributed by atoms with van der Waals surface area (Å²) in [5.74, 6) is 0.391. The van der Waals surface area contributed by atoms with E-state index in [1.54, 1.807) is 25.9 Å². The predicted molar refractivity (Wildman–Crippen MR) is 71.0 cm³/mol. The summed E-state index contributed by atoms with van der Waals surface area (Å²) in [4.78, 5) is 25.8. The molecule has 0 bridgehead atoms. The summed E-state index contributed by atoms with van der Waals surface area (Å²) in [7, 11) is 3.53. The molecule has 0 aromatic carbocycles. The summed E-state index contributed by atoms with van der Waals surface area (Å²) in [5.41, 5.74) is 0. The van der Waals surface area contributed by atoms with Gasteiger partial charge in [-0.25, -0.2) is 0 Å². The molecule has 1 rings (SSSR count). The number of hydrogen-bond donors (Lipinski definition) is 2. The Hall–Kier alpha value is -1.10. The molecule has 5 atom stereocenters. The van der Waals surface area contributed by atoms with E-state index < -0.39 is 6.04 Å². The van der Waals surface area contributed by atoms with E-state index in [1.165, 1.54) is 0 Å².